The number of methoxy groups -OCH3 is 1. The summed E-state index contributed by atoms with van der Waals surface area (Å²) in [5.41, 5.74) is 0. The first-order valence-corrected chi connectivity index (χ1v) is 6.66. The molecular weight excluding hydrogens is 200 g/mol. The van der Waals surface area contributed by atoms with E-state index in [1.807, 2.05) is 7.11 Å². The zero-order valence-electron chi connectivity index (χ0n) is 11.3. The molecule has 0 spiro atoms. The first-order valence-electron chi connectivity index (χ1n) is 6.66. The first-order chi connectivity index (χ1) is 7.69. The Bertz CT molecular complexity index is 187. The maximum Gasteiger partial charge on any atom is 0.0724 e. The van der Waals surface area contributed by atoms with Gasteiger partial charge in [-0.05, 0) is 45.3 Å². The predicted molar refractivity (Wildman–Crippen MR) is 68.8 cm³/mol. The van der Waals surface area contributed by atoms with Crippen molar-refractivity contribution in [2.75, 3.05) is 33.3 Å². The average molecular weight is 228 g/mol. The van der Waals surface area contributed by atoms with Gasteiger partial charge < -0.3 is 10.1 Å². The smallest absolute Gasteiger partial charge is 0.0724 e. The molecule has 1 heterocycles. The number of rotatable bonds is 6. The molecular formula is C13H28N2O. The van der Waals surface area contributed by atoms with Crippen molar-refractivity contribution in [1.29, 1.82) is 0 Å². The lowest BCUT2D eigenvalue weighted by atomic mass is 9.94. The van der Waals surface area contributed by atoms with Gasteiger partial charge in [-0.3, -0.25) is 4.90 Å². The van der Waals surface area contributed by atoms with Gasteiger partial charge in [0.2, 0.25) is 0 Å². The average Bonchev–Trinajstić information content (AvgIpc) is 2.30. The number of ether oxygens (including phenoxy) is 1. The van der Waals surface area contributed by atoms with Crippen molar-refractivity contribution in [2.45, 2.75) is 45.8 Å². The molecule has 0 aliphatic carbocycles. The molecule has 1 rings (SSSR count). The molecule has 1 N–H and O–H groups in total. The van der Waals surface area contributed by atoms with Crippen molar-refractivity contribution >= 4 is 0 Å². The van der Waals surface area contributed by atoms with Gasteiger partial charge in [-0.25, -0.2) is 0 Å². The lowest BCUT2D eigenvalue weighted by molar-refractivity contribution is -0.0175. The second kappa shape index (κ2) is 7.25. The highest BCUT2D eigenvalue weighted by molar-refractivity contribution is 4.81. The fourth-order valence-corrected chi connectivity index (χ4v) is 2.44. The zero-order valence-corrected chi connectivity index (χ0v) is 11.3. The molecule has 1 fully saturated rings. The fourth-order valence-electron chi connectivity index (χ4n) is 2.44. The summed E-state index contributed by atoms with van der Waals surface area (Å²) in [5.74, 6) is 0.710. The van der Waals surface area contributed by atoms with Crippen LogP contribution in [-0.4, -0.2) is 50.3 Å². The molecule has 1 aliphatic heterocycles. The molecule has 0 aromatic carbocycles. The van der Waals surface area contributed by atoms with Gasteiger partial charge in [-0.1, -0.05) is 13.8 Å². The van der Waals surface area contributed by atoms with Crippen molar-refractivity contribution in [2.24, 2.45) is 5.92 Å². The fraction of sp³-hybridized carbons (Fsp3) is 1.00. The van der Waals surface area contributed by atoms with Crippen LogP contribution in [0.1, 0.15) is 33.6 Å². The first kappa shape index (κ1) is 13.9. The Morgan fingerprint density at radius 2 is 2.25 bits per heavy atom. The molecule has 0 aromatic heterocycles. The Kier molecular flexibility index (Phi) is 6.32. The van der Waals surface area contributed by atoms with Crippen LogP contribution < -0.4 is 5.32 Å². The van der Waals surface area contributed by atoms with E-state index in [4.69, 9.17) is 4.74 Å². The van der Waals surface area contributed by atoms with Crippen molar-refractivity contribution in [3.63, 3.8) is 0 Å². The number of hydrogen-bond donors (Lipinski definition) is 1. The largest absolute Gasteiger partial charge is 0.380 e. The number of likely N-dealkylation sites (tertiary alicyclic amines) is 1. The van der Waals surface area contributed by atoms with Crippen LogP contribution in [0.2, 0.25) is 0 Å². The second-order valence-electron chi connectivity index (χ2n) is 5.03. The molecule has 0 saturated carbocycles. The lowest BCUT2D eigenvalue weighted by Crippen LogP contribution is -2.48. The highest BCUT2D eigenvalue weighted by Crippen LogP contribution is 2.21. The van der Waals surface area contributed by atoms with Crippen LogP contribution in [-0.2, 0) is 4.74 Å². The molecule has 3 heteroatoms. The van der Waals surface area contributed by atoms with Crippen LogP contribution in [0.4, 0.5) is 0 Å². The molecule has 3 unspecified atom stereocenters. The maximum absolute atomic E-state index is 5.55. The van der Waals surface area contributed by atoms with Crippen molar-refractivity contribution in [1.82, 2.24) is 10.2 Å². The monoisotopic (exact) mass is 228 g/mol. The Morgan fingerprint density at radius 1 is 1.50 bits per heavy atom. The summed E-state index contributed by atoms with van der Waals surface area (Å²) < 4.78 is 5.55. The second-order valence-corrected chi connectivity index (χ2v) is 5.03. The van der Waals surface area contributed by atoms with Crippen molar-refractivity contribution < 1.29 is 4.74 Å². The van der Waals surface area contributed by atoms with E-state index in [0.717, 1.165) is 19.6 Å². The third kappa shape index (κ3) is 4.04. The van der Waals surface area contributed by atoms with Gasteiger partial charge in [0.25, 0.3) is 0 Å². The van der Waals surface area contributed by atoms with Gasteiger partial charge in [0, 0.05) is 19.7 Å². The molecule has 3 atom stereocenters. The van der Waals surface area contributed by atoms with Gasteiger partial charge in [0.05, 0.1) is 6.10 Å². The standard InChI is InChI=1S/C13H28N2O/c1-5-14-8-6-12(3)15-9-7-11(2)13(10-15)16-4/h11-14H,5-10H2,1-4H3. The Balaban J connectivity index is 2.30. The lowest BCUT2D eigenvalue weighted by Gasteiger charge is -2.39. The quantitative estimate of drug-likeness (QED) is 0.701. The van der Waals surface area contributed by atoms with Gasteiger partial charge in [0.15, 0.2) is 0 Å². The van der Waals surface area contributed by atoms with Gasteiger partial charge in [0.1, 0.15) is 0 Å². The summed E-state index contributed by atoms with van der Waals surface area (Å²) in [4.78, 5) is 2.57. The number of nitrogens with one attached hydrogen (secondary N) is 1. The van der Waals surface area contributed by atoms with Crippen LogP contribution in [0.25, 0.3) is 0 Å². The molecule has 16 heavy (non-hydrogen) atoms. The molecule has 3 nitrogen and oxygen atoms in total. The van der Waals surface area contributed by atoms with E-state index in [0.29, 0.717) is 18.1 Å². The SMILES string of the molecule is CCNCCC(C)N1CCC(C)C(OC)C1. The summed E-state index contributed by atoms with van der Waals surface area (Å²) in [6, 6.07) is 0.671. The van der Waals surface area contributed by atoms with Gasteiger partial charge >= 0.3 is 0 Å². The van der Waals surface area contributed by atoms with E-state index in [1.165, 1.54) is 19.4 Å². The zero-order chi connectivity index (χ0) is 12.0. The van der Waals surface area contributed by atoms with E-state index in [-0.39, 0.29) is 0 Å². The normalized spacial score (nSPS) is 29.2. The summed E-state index contributed by atoms with van der Waals surface area (Å²) >= 11 is 0. The predicted octanol–water partition coefficient (Wildman–Crippen LogP) is 1.73. The van der Waals surface area contributed by atoms with Crippen LogP contribution in [0.3, 0.4) is 0 Å². The molecule has 0 radical (unpaired) electrons. The Hall–Kier alpha value is -0.120. The van der Waals surface area contributed by atoms with Crippen molar-refractivity contribution in [3.8, 4) is 0 Å². The van der Waals surface area contributed by atoms with Crippen LogP contribution >= 0.6 is 0 Å². The molecule has 0 bridgehead atoms. The third-order valence-electron chi connectivity index (χ3n) is 3.84. The summed E-state index contributed by atoms with van der Waals surface area (Å²) in [6.07, 6.45) is 2.93. The van der Waals surface area contributed by atoms with Gasteiger partial charge in [-0.2, -0.15) is 0 Å². The minimum atomic E-state index is 0.426. The summed E-state index contributed by atoms with van der Waals surface area (Å²) in [7, 11) is 1.84. The highest BCUT2D eigenvalue weighted by atomic mass is 16.5. The number of hydrogen-bond acceptors (Lipinski definition) is 3. The minimum absolute atomic E-state index is 0.426. The third-order valence-corrected chi connectivity index (χ3v) is 3.84. The summed E-state index contributed by atoms with van der Waals surface area (Å²) in [6.45, 7) is 11.3. The van der Waals surface area contributed by atoms with E-state index >= 15 is 0 Å². The minimum Gasteiger partial charge on any atom is -0.380 e. The Morgan fingerprint density at radius 3 is 2.88 bits per heavy atom. The number of nitrogens with zero attached hydrogens (tertiary/aromatic N) is 1. The van der Waals surface area contributed by atoms with Crippen LogP contribution in [0.15, 0.2) is 0 Å². The van der Waals surface area contributed by atoms with E-state index in [2.05, 4.69) is 31.0 Å². The number of piperidine rings is 1. The van der Waals surface area contributed by atoms with Crippen LogP contribution in [0, 0.1) is 5.92 Å². The molecule has 1 aliphatic rings. The topological polar surface area (TPSA) is 24.5 Å². The Labute approximate surface area is 101 Å². The highest BCUT2D eigenvalue weighted by Gasteiger charge is 2.28. The molecule has 0 aromatic rings. The van der Waals surface area contributed by atoms with Crippen LogP contribution in [0.5, 0.6) is 0 Å². The van der Waals surface area contributed by atoms with Crippen molar-refractivity contribution in [3.05, 3.63) is 0 Å². The maximum atomic E-state index is 5.55. The summed E-state index contributed by atoms with van der Waals surface area (Å²) in [5, 5.41) is 3.39. The molecule has 96 valence electrons. The van der Waals surface area contributed by atoms with E-state index < -0.39 is 0 Å². The van der Waals surface area contributed by atoms with Gasteiger partial charge in [-0.15, -0.1) is 0 Å². The van der Waals surface area contributed by atoms with E-state index in [9.17, 15) is 0 Å². The molecule has 1 saturated heterocycles. The van der Waals surface area contributed by atoms with E-state index in [1.54, 1.807) is 0 Å². The molecule has 0 amide bonds.